The highest BCUT2D eigenvalue weighted by Crippen LogP contribution is 2.36. The summed E-state index contributed by atoms with van der Waals surface area (Å²) in [6.45, 7) is 0. The van der Waals surface area contributed by atoms with Gasteiger partial charge >= 0.3 is 0 Å². The van der Waals surface area contributed by atoms with Crippen molar-refractivity contribution in [1.29, 1.82) is 0 Å². The van der Waals surface area contributed by atoms with Gasteiger partial charge in [0.05, 0.1) is 10.7 Å². The van der Waals surface area contributed by atoms with Crippen LogP contribution in [0.4, 0.5) is 14.5 Å². The highest BCUT2D eigenvalue weighted by Gasteiger charge is 2.15. The molecule has 0 aliphatic rings. The number of nitrogen functional groups attached to an aromatic ring is 1. The molecular weight excluding hydrogens is 327 g/mol. The lowest BCUT2D eigenvalue weighted by Crippen LogP contribution is -1.98. The lowest BCUT2D eigenvalue weighted by atomic mass is 10.2. The summed E-state index contributed by atoms with van der Waals surface area (Å²) in [7, 11) is 0. The summed E-state index contributed by atoms with van der Waals surface area (Å²) in [6, 6.07) is 6.91. The molecule has 0 aliphatic heterocycles. The molecule has 2 N–H and O–H groups in total. The first kappa shape index (κ1) is 13.1. The van der Waals surface area contributed by atoms with Gasteiger partial charge in [0.2, 0.25) is 5.82 Å². The third-order valence-corrected chi connectivity index (χ3v) is 2.98. The molecule has 2 aromatic carbocycles. The van der Waals surface area contributed by atoms with E-state index in [1.54, 1.807) is 12.1 Å². The number of rotatable bonds is 2. The number of halogens is 4. The Balaban J connectivity index is 2.43. The lowest BCUT2D eigenvalue weighted by molar-refractivity contribution is 0.418. The number of nitrogens with two attached hydrogens (primary N) is 1. The molecular formula is C12H7BrClF2NO. The molecule has 2 aromatic rings. The summed E-state index contributed by atoms with van der Waals surface area (Å²) in [5.41, 5.74) is 5.53. The second kappa shape index (κ2) is 5.12. The van der Waals surface area contributed by atoms with Gasteiger partial charge in [-0.25, -0.2) is 4.39 Å². The summed E-state index contributed by atoms with van der Waals surface area (Å²) in [5.74, 6) is -2.36. The van der Waals surface area contributed by atoms with Crippen LogP contribution in [0.25, 0.3) is 0 Å². The van der Waals surface area contributed by atoms with E-state index in [1.807, 2.05) is 0 Å². The Kier molecular flexibility index (Phi) is 3.73. The van der Waals surface area contributed by atoms with Crippen molar-refractivity contribution in [2.75, 3.05) is 5.73 Å². The first-order chi connectivity index (χ1) is 8.49. The summed E-state index contributed by atoms with van der Waals surface area (Å²) < 4.78 is 32.6. The third-order valence-electron chi connectivity index (χ3n) is 2.19. The van der Waals surface area contributed by atoms with E-state index in [1.165, 1.54) is 12.1 Å². The molecule has 94 valence electrons. The summed E-state index contributed by atoms with van der Waals surface area (Å²) in [5, 5.41) is 0.257. The molecule has 0 amide bonds. The number of anilines is 1. The fourth-order valence-electron chi connectivity index (χ4n) is 1.32. The van der Waals surface area contributed by atoms with Crippen molar-refractivity contribution < 1.29 is 13.5 Å². The van der Waals surface area contributed by atoms with E-state index in [2.05, 4.69) is 15.9 Å². The van der Waals surface area contributed by atoms with Gasteiger partial charge in [-0.2, -0.15) is 4.39 Å². The normalized spacial score (nSPS) is 10.4. The molecule has 0 spiro atoms. The Bertz CT molecular complexity index is 607. The Morgan fingerprint density at radius 2 is 1.89 bits per heavy atom. The van der Waals surface area contributed by atoms with Gasteiger partial charge in [-0.15, -0.1) is 0 Å². The average molecular weight is 335 g/mol. The Hall–Kier alpha value is -1.33. The molecule has 6 heteroatoms. The van der Waals surface area contributed by atoms with Crippen molar-refractivity contribution in [3.8, 4) is 11.5 Å². The van der Waals surface area contributed by atoms with E-state index in [9.17, 15) is 8.78 Å². The monoisotopic (exact) mass is 333 g/mol. The zero-order chi connectivity index (χ0) is 13.3. The van der Waals surface area contributed by atoms with E-state index >= 15 is 0 Å². The lowest BCUT2D eigenvalue weighted by Gasteiger charge is -2.11. The van der Waals surface area contributed by atoms with E-state index < -0.39 is 11.6 Å². The molecule has 0 unspecified atom stereocenters. The average Bonchev–Trinajstić information content (AvgIpc) is 2.32. The maximum absolute atomic E-state index is 13.5. The molecule has 2 rings (SSSR count). The fourth-order valence-corrected chi connectivity index (χ4v) is 2.03. The standard InChI is InChI=1S/C12H7BrClF2NO/c13-6-1-4-10(7(14)5-6)18-12-9(17)3-2-8(15)11(12)16/h1-5H,17H2. The molecule has 0 saturated heterocycles. The van der Waals surface area contributed by atoms with Crippen LogP contribution in [0.15, 0.2) is 34.8 Å². The van der Waals surface area contributed by atoms with Crippen molar-refractivity contribution >= 4 is 33.2 Å². The predicted molar refractivity (Wildman–Crippen MR) is 70.0 cm³/mol. The zero-order valence-corrected chi connectivity index (χ0v) is 11.2. The van der Waals surface area contributed by atoms with Crippen molar-refractivity contribution in [2.24, 2.45) is 0 Å². The Morgan fingerprint density at radius 3 is 2.56 bits per heavy atom. The van der Waals surface area contributed by atoms with Crippen LogP contribution in [0, 0.1) is 11.6 Å². The van der Waals surface area contributed by atoms with E-state index in [4.69, 9.17) is 22.1 Å². The second-order valence-corrected chi connectivity index (χ2v) is 4.78. The quantitative estimate of drug-likeness (QED) is 0.804. The largest absolute Gasteiger partial charge is 0.450 e. The van der Waals surface area contributed by atoms with Gasteiger partial charge in [-0.1, -0.05) is 27.5 Å². The summed E-state index contributed by atoms with van der Waals surface area (Å²) in [4.78, 5) is 0. The number of hydrogen-bond acceptors (Lipinski definition) is 2. The van der Waals surface area contributed by atoms with Crippen LogP contribution in [0.1, 0.15) is 0 Å². The molecule has 0 atom stereocenters. The van der Waals surface area contributed by atoms with E-state index in [0.29, 0.717) is 0 Å². The minimum atomic E-state index is -1.14. The van der Waals surface area contributed by atoms with Crippen molar-refractivity contribution in [2.45, 2.75) is 0 Å². The third kappa shape index (κ3) is 2.57. The van der Waals surface area contributed by atoms with E-state index in [0.717, 1.165) is 10.5 Å². The van der Waals surface area contributed by atoms with Gasteiger partial charge in [-0.3, -0.25) is 0 Å². The van der Waals surface area contributed by atoms with Crippen LogP contribution < -0.4 is 10.5 Å². The molecule has 0 bridgehead atoms. The van der Waals surface area contributed by atoms with Crippen LogP contribution >= 0.6 is 27.5 Å². The van der Waals surface area contributed by atoms with Gasteiger partial charge in [0.1, 0.15) is 5.75 Å². The fraction of sp³-hybridized carbons (Fsp3) is 0. The second-order valence-electron chi connectivity index (χ2n) is 3.46. The van der Waals surface area contributed by atoms with Crippen molar-refractivity contribution in [3.63, 3.8) is 0 Å². The minimum Gasteiger partial charge on any atom is -0.450 e. The van der Waals surface area contributed by atoms with Crippen molar-refractivity contribution in [1.82, 2.24) is 0 Å². The number of ether oxygens (including phenoxy) is 1. The number of hydrogen-bond donors (Lipinski definition) is 1. The van der Waals surface area contributed by atoms with Gasteiger partial charge in [0, 0.05) is 4.47 Å². The van der Waals surface area contributed by atoms with Crippen molar-refractivity contribution in [3.05, 3.63) is 51.5 Å². The van der Waals surface area contributed by atoms with Crippen LogP contribution in [0.2, 0.25) is 5.02 Å². The van der Waals surface area contributed by atoms with Crippen LogP contribution in [-0.4, -0.2) is 0 Å². The molecule has 0 saturated carbocycles. The zero-order valence-electron chi connectivity index (χ0n) is 8.88. The first-order valence-electron chi connectivity index (χ1n) is 4.85. The predicted octanol–water partition coefficient (Wildman–Crippen LogP) is 4.76. The van der Waals surface area contributed by atoms with Gasteiger partial charge < -0.3 is 10.5 Å². The first-order valence-corrected chi connectivity index (χ1v) is 6.02. The smallest absolute Gasteiger partial charge is 0.203 e. The SMILES string of the molecule is Nc1ccc(F)c(F)c1Oc1ccc(Br)cc1Cl. The highest BCUT2D eigenvalue weighted by atomic mass is 79.9. The highest BCUT2D eigenvalue weighted by molar-refractivity contribution is 9.10. The molecule has 0 radical (unpaired) electrons. The molecule has 0 heterocycles. The van der Waals surface area contributed by atoms with Crippen LogP contribution in [0.3, 0.4) is 0 Å². The minimum absolute atomic E-state index is 0.00659. The maximum atomic E-state index is 13.5. The molecule has 0 aromatic heterocycles. The van der Waals surface area contributed by atoms with Gasteiger partial charge in [0.15, 0.2) is 11.6 Å². The van der Waals surface area contributed by atoms with Crippen LogP contribution in [-0.2, 0) is 0 Å². The van der Waals surface area contributed by atoms with Gasteiger partial charge in [0.25, 0.3) is 0 Å². The molecule has 18 heavy (non-hydrogen) atoms. The molecule has 0 fully saturated rings. The van der Waals surface area contributed by atoms with Crippen LogP contribution in [0.5, 0.6) is 11.5 Å². The topological polar surface area (TPSA) is 35.2 Å². The summed E-state index contributed by atoms with van der Waals surface area (Å²) >= 11 is 9.14. The van der Waals surface area contributed by atoms with Gasteiger partial charge in [-0.05, 0) is 30.3 Å². The number of benzene rings is 2. The Morgan fingerprint density at radius 1 is 1.17 bits per heavy atom. The maximum Gasteiger partial charge on any atom is 0.203 e. The molecule has 2 nitrogen and oxygen atoms in total. The summed E-state index contributed by atoms with van der Waals surface area (Å²) in [6.07, 6.45) is 0. The molecule has 0 aliphatic carbocycles. The Labute approximate surface area is 115 Å². The van der Waals surface area contributed by atoms with E-state index in [-0.39, 0.29) is 22.2 Å².